The summed E-state index contributed by atoms with van der Waals surface area (Å²) in [5.41, 5.74) is 5.75. The van der Waals surface area contributed by atoms with E-state index in [4.69, 9.17) is 14.9 Å². The minimum absolute atomic E-state index is 0.0819. The molecule has 0 radical (unpaired) electrons. The topological polar surface area (TPSA) is 118 Å². The number of benzene rings is 2. The van der Waals surface area contributed by atoms with E-state index in [1.165, 1.54) is 0 Å². The molecular formula is C28H35N3O5. The molecule has 0 spiro atoms. The molecule has 2 aromatic carbocycles. The number of hydrogen-bond acceptors (Lipinski definition) is 7. The molecular weight excluding hydrogens is 458 g/mol. The predicted octanol–water partition coefficient (Wildman–Crippen LogP) is 2.17. The molecule has 1 saturated heterocycles. The molecule has 0 saturated carbocycles. The molecule has 4 N–H and O–H groups in total. The Kier molecular flexibility index (Phi) is 8.40. The number of hydrogen-bond donors (Lipinski definition) is 3. The van der Waals surface area contributed by atoms with Gasteiger partial charge in [0, 0.05) is 50.1 Å². The highest BCUT2D eigenvalue weighted by molar-refractivity contribution is 5.84. The van der Waals surface area contributed by atoms with Gasteiger partial charge in [-0.25, -0.2) is 4.79 Å². The number of piperazine rings is 1. The van der Waals surface area contributed by atoms with Crippen LogP contribution in [0, 0.1) is 6.92 Å². The van der Waals surface area contributed by atoms with Crippen molar-refractivity contribution < 1.29 is 19.1 Å². The number of fused-ring (bicyclic) bond motifs is 1. The van der Waals surface area contributed by atoms with E-state index in [0.717, 1.165) is 61.4 Å². The smallest absolute Gasteiger partial charge is 0.339 e. The van der Waals surface area contributed by atoms with Crippen LogP contribution >= 0.6 is 0 Å². The largest absolute Gasteiger partial charge is 0.494 e. The number of aryl methyl sites for hydroxylation is 2. The standard InChI is InChI=1S/C28H35N3O5/c1-20-3-8-25-22(17-20)18-23(26(32)36-25)19-28(34,27(29)33)10-9-21-4-6-24(7-5-21)35-16-2-13-31-14-11-30-12-15-31/h3-8,17-18,30,34H,2,9-16,19H2,1H3,(H2,29,33). The summed E-state index contributed by atoms with van der Waals surface area (Å²) in [5, 5.41) is 15.2. The summed E-state index contributed by atoms with van der Waals surface area (Å²) in [6.45, 7) is 7.87. The van der Waals surface area contributed by atoms with Crippen molar-refractivity contribution in [2.45, 2.75) is 38.2 Å². The highest BCUT2D eigenvalue weighted by Gasteiger charge is 2.35. The van der Waals surface area contributed by atoms with Gasteiger partial charge in [-0.1, -0.05) is 23.8 Å². The Hall–Kier alpha value is -3.20. The maximum atomic E-state index is 12.5. The van der Waals surface area contributed by atoms with E-state index in [1.807, 2.05) is 43.3 Å². The molecule has 2 heterocycles. The fraction of sp³-hybridized carbons (Fsp3) is 0.429. The first-order valence-electron chi connectivity index (χ1n) is 12.5. The summed E-state index contributed by atoms with van der Waals surface area (Å²) in [4.78, 5) is 27.1. The van der Waals surface area contributed by atoms with E-state index in [2.05, 4.69) is 10.2 Å². The fourth-order valence-electron chi connectivity index (χ4n) is 4.54. The highest BCUT2D eigenvalue weighted by atomic mass is 16.5. The van der Waals surface area contributed by atoms with Gasteiger partial charge in [-0.3, -0.25) is 4.79 Å². The van der Waals surface area contributed by atoms with E-state index >= 15 is 0 Å². The van der Waals surface area contributed by atoms with Crippen molar-refractivity contribution in [2.75, 3.05) is 39.3 Å². The van der Waals surface area contributed by atoms with Crippen LogP contribution < -0.4 is 21.4 Å². The molecule has 1 aliphatic rings. The van der Waals surface area contributed by atoms with Crippen LogP contribution in [0.25, 0.3) is 11.0 Å². The van der Waals surface area contributed by atoms with Gasteiger partial charge in [0.2, 0.25) is 5.91 Å². The molecule has 8 heteroatoms. The van der Waals surface area contributed by atoms with Gasteiger partial charge >= 0.3 is 5.63 Å². The fourth-order valence-corrected chi connectivity index (χ4v) is 4.54. The van der Waals surface area contributed by atoms with Crippen LogP contribution in [-0.4, -0.2) is 60.8 Å². The number of carbonyl (C=O) groups is 1. The molecule has 1 amide bonds. The van der Waals surface area contributed by atoms with E-state index in [9.17, 15) is 14.7 Å². The summed E-state index contributed by atoms with van der Waals surface area (Å²) in [7, 11) is 0. The van der Waals surface area contributed by atoms with Crippen LogP contribution in [0.4, 0.5) is 0 Å². The summed E-state index contributed by atoms with van der Waals surface area (Å²) < 4.78 is 11.2. The van der Waals surface area contributed by atoms with Gasteiger partial charge in [-0.2, -0.15) is 0 Å². The molecule has 1 aliphatic heterocycles. The SMILES string of the molecule is Cc1ccc2oc(=O)c(CC(O)(CCc3ccc(OCCCN4CCNCC4)cc3)C(N)=O)cc2c1. The second kappa shape index (κ2) is 11.7. The number of primary amides is 1. The van der Waals surface area contributed by atoms with Crippen LogP contribution in [0.2, 0.25) is 0 Å². The molecule has 1 aromatic heterocycles. The Morgan fingerprint density at radius 3 is 2.64 bits per heavy atom. The zero-order valence-electron chi connectivity index (χ0n) is 20.8. The zero-order valence-corrected chi connectivity index (χ0v) is 20.8. The average Bonchev–Trinajstić information content (AvgIpc) is 2.87. The molecule has 0 bridgehead atoms. The summed E-state index contributed by atoms with van der Waals surface area (Å²) in [6.07, 6.45) is 1.26. The van der Waals surface area contributed by atoms with E-state index in [1.54, 1.807) is 12.1 Å². The Balaban J connectivity index is 1.33. The number of amides is 1. The van der Waals surface area contributed by atoms with Gasteiger partial charge in [0.15, 0.2) is 0 Å². The molecule has 1 atom stereocenters. The third-order valence-electron chi connectivity index (χ3n) is 6.75. The Labute approximate surface area is 211 Å². The summed E-state index contributed by atoms with van der Waals surface area (Å²) in [5.74, 6) is -0.0797. The molecule has 1 unspecified atom stereocenters. The summed E-state index contributed by atoms with van der Waals surface area (Å²) in [6, 6.07) is 14.8. The number of nitrogens with two attached hydrogens (primary N) is 1. The maximum Gasteiger partial charge on any atom is 0.339 e. The van der Waals surface area contributed by atoms with E-state index in [0.29, 0.717) is 18.6 Å². The Morgan fingerprint density at radius 1 is 1.17 bits per heavy atom. The third-order valence-corrected chi connectivity index (χ3v) is 6.75. The number of carbonyl (C=O) groups excluding carboxylic acids is 1. The van der Waals surface area contributed by atoms with Crippen LogP contribution in [0.15, 0.2) is 57.7 Å². The highest BCUT2D eigenvalue weighted by Crippen LogP contribution is 2.23. The lowest BCUT2D eigenvalue weighted by Crippen LogP contribution is -2.47. The molecule has 3 aromatic rings. The molecule has 192 valence electrons. The average molecular weight is 494 g/mol. The van der Waals surface area contributed by atoms with Crippen molar-refractivity contribution in [2.24, 2.45) is 5.73 Å². The van der Waals surface area contributed by atoms with Crippen molar-refractivity contribution in [3.05, 3.63) is 75.6 Å². The first kappa shape index (κ1) is 25.9. The first-order valence-corrected chi connectivity index (χ1v) is 12.5. The van der Waals surface area contributed by atoms with Gasteiger partial charge in [0.05, 0.1) is 6.61 Å². The van der Waals surface area contributed by atoms with Crippen molar-refractivity contribution in [1.82, 2.24) is 10.2 Å². The number of ether oxygens (including phenoxy) is 1. The van der Waals surface area contributed by atoms with Gasteiger partial charge in [0.25, 0.3) is 0 Å². The van der Waals surface area contributed by atoms with Crippen LogP contribution in [0.5, 0.6) is 5.75 Å². The Morgan fingerprint density at radius 2 is 1.92 bits per heavy atom. The molecule has 0 aliphatic carbocycles. The lowest BCUT2D eigenvalue weighted by Gasteiger charge is -2.27. The van der Waals surface area contributed by atoms with Gasteiger partial charge < -0.3 is 30.2 Å². The predicted molar refractivity (Wildman–Crippen MR) is 139 cm³/mol. The maximum absolute atomic E-state index is 12.5. The van der Waals surface area contributed by atoms with Crippen LogP contribution in [-0.2, 0) is 17.6 Å². The number of nitrogens with one attached hydrogen (secondary N) is 1. The second-order valence-electron chi connectivity index (χ2n) is 9.61. The van der Waals surface area contributed by atoms with Crippen LogP contribution in [0.3, 0.4) is 0 Å². The molecule has 8 nitrogen and oxygen atoms in total. The van der Waals surface area contributed by atoms with E-state index in [-0.39, 0.29) is 18.4 Å². The Bertz CT molecular complexity index is 1230. The number of aliphatic hydroxyl groups is 1. The summed E-state index contributed by atoms with van der Waals surface area (Å²) >= 11 is 0. The minimum Gasteiger partial charge on any atom is -0.494 e. The van der Waals surface area contributed by atoms with Gasteiger partial charge in [-0.05, 0) is 62.1 Å². The van der Waals surface area contributed by atoms with Crippen molar-refractivity contribution in [1.29, 1.82) is 0 Å². The second-order valence-corrected chi connectivity index (χ2v) is 9.61. The van der Waals surface area contributed by atoms with Gasteiger partial charge in [0.1, 0.15) is 16.9 Å². The lowest BCUT2D eigenvalue weighted by atomic mass is 9.88. The quantitative estimate of drug-likeness (QED) is 0.277. The minimum atomic E-state index is -1.87. The van der Waals surface area contributed by atoms with Crippen molar-refractivity contribution >= 4 is 16.9 Å². The monoisotopic (exact) mass is 493 g/mol. The first-order chi connectivity index (χ1) is 17.3. The van der Waals surface area contributed by atoms with Crippen molar-refractivity contribution in [3.63, 3.8) is 0 Å². The molecule has 1 fully saturated rings. The van der Waals surface area contributed by atoms with Gasteiger partial charge in [-0.15, -0.1) is 0 Å². The third kappa shape index (κ3) is 6.72. The van der Waals surface area contributed by atoms with E-state index < -0.39 is 17.1 Å². The number of nitrogens with zero attached hydrogens (tertiary/aromatic N) is 1. The molecule has 36 heavy (non-hydrogen) atoms. The normalized spacial score (nSPS) is 16.1. The lowest BCUT2D eigenvalue weighted by molar-refractivity contribution is -0.136. The zero-order chi connectivity index (χ0) is 25.5. The van der Waals surface area contributed by atoms with Crippen molar-refractivity contribution in [3.8, 4) is 5.75 Å². The van der Waals surface area contributed by atoms with Crippen LogP contribution in [0.1, 0.15) is 29.5 Å². The molecule has 4 rings (SSSR count). The number of rotatable bonds is 11.